The van der Waals surface area contributed by atoms with E-state index in [0.29, 0.717) is 0 Å². The molecule has 0 saturated carbocycles. The summed E-state index contributed by atoms with van der Waals surface area (Å²) >= 11 is 0. The quantitative estimate of drug-likeness (QED) is 0.595. The number of nitrogens with zero attached hydrogens (tertiary/aromatic N) is 1. The summed E-state index contributed by atoms with van der Waals surface area (Å²) in [5, 5.41) is 8.50. The van der Waals surface area contributed by atoms with Gasteiger partial charge in [0.25, 0.3) is 0 Å². The first-order chi connectivity index (χ1) is 6.15. The van der Waals surface area contributed by atoms with Crippen LogP contribution in [0.5, 0.6) is 0 Å². The van der Waals surface area contributed by atoms with E-state index in [4.69, 9.17) is 5.26 Å². The van der Waals surface area contributed by atoms with Crippen molar-refractivity contribution in [2.24, 2.45) is 0 Å². The van der Waals surface area contributed by atoms with Crippen molar-refractivity contribution in [1.82, 2.24) is 0 Å². The van der Waals surface area contributed by atoms with Crippen molar-refractivity contribution in [1.29, 1.82) is 5.26 Å². The molecule has 0 aliphatic carbocycles. The molecule has 1 nitrogen and oxygen atoms in total. The summed E-state index contributed by atoms with van der Waals surface area (Å²) in [7, 11) is 0. The Kier molecular flexibility index (Phi) is 2.87. The molecule has 13 heavy (non-hydrogen) atoms. The third-order valence-electron chi connectivity index (χ3n) is 2.24. The Morgan fingerprint density at radius 3 is 2.54 bits per heavy atom. The summed E-state index contributed by atoms with van der Waals surface area (Å²) in [6, 6.07) is 8.28. The van der Waals surface area contributed by atoms with Crippen LogP contribution < -0.4 is 0 Å². The Balaban J connectivity index is 3.13. The van der Waals surface area contributed by atoms with E-state index in [9.17, 15) is 0 Å². The molecule has 0 radical (unpaired) electrons. The largest absolute Gasteiger partial charge is 0.193 e. The van der Waals surface area contributed by atoms with E-state index in [2.05, 4.69) is 26.0 Å². The van der Waals surface area contributed by atoms with Gasteiger partial charge in [-0.25, -0.2) is 0 Å². The van der Waals surface area contributed by atoms with Crippen LogP contribution in [-0.2, 0) is 0 Å². The molecule has 0 saturated heterocycles. The maximum absolute atomic E-state index is 8.50. The second kappa shape index (κ2) is 3.91. The number of benzene rings is 1. The first kappa shape index (κ1) is 9.54. The summed E-state index contributed by atoms with van der Waals surface area (Å²) in [4.78, 5) is 0. The Morgan fingerprint density at radius 1 is 1.31 bits per heavy atom. The predicted molar refractivity (Wildman–Crippen MR) is 55.2 cm³/mol. The van der Waals surface area contributed by atoms with Gasteiger partial charge in [0.05, 0.1) is 6.07 Å². The summed E-state index contributed by atoms with van der Waals surface area (Å²) in [5.74, 6) is 0. The third-order valence-corrected chi connectivity index (χ3v) is 2.24. The number of hydrogen-bond acceptors (Lipinski definition) is 1. The second-order valence-electron chi connectivity index (χ2n) is 3.26. The summed E-state index contributed by atoms with van der Waals surface area (Å²) < 4.78 is 0. The first-order valence-corrected chi connectivity index (χ1v) is 4.29. The predicted octanol–water partition coefficient (Wildman–Crippen LogP) is 3.23. The van der Waals surface area contributed by atoms with Gasteiger partial charge in [-0.05, 0) is 43.0 Å². The van der Waals surface area contributed by atoms with Crippen LogP contribution in [0.4, 0.5) is 0 Å². The van der Waals surface area contributed by atoms with E-state index in [-0.39, 0.29) is 0 Å². The minimum absolute atomic E-state index is 1.02. The maximum Gasteiger partial charge on any atom is 0.0915 e. The number of aryl methyl sites for hydroxylation is 2. The van der Waals surface area contributed by atoms with Crippen LogP contribution in [-0.4, -0.2) is 0 Å². The number of nitriles is 1. The van der Waals surface area contributed by atoms with E-state index in [1.807, 2.05) is 19.1 Å². The third kappa shape index (κ3) is 2.19. The highest BCUT2D eigenvalue weighted by Crippen LogP contribution is 2.17. The van der Waals surface area contributed by atoms with Crippen molar-refractivity contribution in [2.45, 2.75) is 20.8 Å². The van der Waals surface area contributed by atoms with E-state index in [1.54, 1.807) is 6.08 Å². The molecule has 0 bridgehead atoms. The molecule has 0 amide bonds. The highest BCUT2D eigenvalue weighted by atomic mass is 14.2. The van der Waals surface area contributed by atoms with E-state index >= 15 is 0 Å². The van der Waals surface area contributed by atoms with Crippen LogP contribution in [0.15, 0.2) is 24.3 Å². The lowest BCUT2D eigenvalue weighted by Gasteiger charge is -2.04. The molecule has 0 N–H and O–H groups in total. The molecule has 0 fully saturated rings. The molecular formula is C12H13N. The van der Waals surface area contributed by atoms with Gasteiger partial charge in [-0.1, -0.05) is 18.2 Å². The normalized spacial score (nSPS) is 11.1. The van der Waals surface area contributed by atoms with Crippen molar-refractivity contribution in [3.05, 3.63) is 41.0 Å². The minimum atomic E-state index is 1.02. The Hall–Kier alpha value is -1.55. The van der Waals surface area contributed by atoms with Gasteiger partial charge in [0.2, 0.25) is 0 Å². The molecule has 0 aliphatic rings. The van der Waals surface area contributed by atoms with Crippen molar-refractivity contribution < 1.29 is 0 Å². The van der Waals surface area contributed by atoms with Crippen LogP contribution in [0.25, 0.3) is 5.57 Å². The smallest absolute Gasteiger partial charge is 0.0915 e. The minimum Gasteiger partial charge on any atom is -0.193 e. The topological polar surface area (TPSA) is 23.8 Å². The van der Waals surface area contributed by atoms with Crippen molar-refractivity contribution in [2.75, 3.05) is 0 Å². The van der Waals surface area contributed by atoms with Crippen LogP contribution in [0.1, 0.15) is 23.6 Å². The summed E-state index contributed by atoms with van der Waals surface area (Å²) in [5.41, 5.74) is 4.70. The zero-order valence-corrected chi connectivity index (χ0v) is 8.26. The zero-order valence-electron chi connectivity index (χ0n) is 8.26. The fraction of sp³-hybridized carbons (Fsp3) is 0.250. The molecule has 0 unspecified atom stereocenters. The van der Waals surface area contributed by atoms with Crippen LogP contribution in [0.3, 0.4) is 0 Å². The highest BCUT2D eigenvalue weighted by molar-refractivity contribution is 5.66. The van der Waals surface area contributed by atoms with Gasteiger partial charge < -0.3 is 0 Å². The van der Waals surface area contributed by atoms with Crippen LogP contribution >= 0.6 is 0 Å². The van der Waals surface area contributed by atoms with Crippen molar-refractivity contribution >= 4 is 5.57 Å². The number of allylic oxidation sites excluding steroid dienone is 2. The van der Waals surface area contributed by atoms with E-state index in [0.717, 1.165) is 11.1 Å². The molecule has 0 atom stereocenters. The average Bonchev–Trinajstić information content (AvgIpc) is 2.10. The van der Waals surface area contributed by atoms with Gasteiger partial charge in [-0.15, -0.1) is 0 Å². The SMILES string of the molecule is C/C(=C/C#N)c1ccc(C)c(C)c1. The monoisotopic (exact) mass is 171 g/mol. The number of hydrogen-bond donors (Lipinski definition) is 0. The molecule has 0 aromatic heterocycles. The van der Waals surface area contributed by atoms with Crippen molar-refractivity contribution in [3.63, 3.8) is 0 Å². The molecule has 1 rings (SSSR count). The molecule has 1 aromatic rings. The average molecular weight is 171 g/mol. The number of rotatable bonds is 1. The van der Waals surface area contributed by atoms with Gasteiger partial charge in [-0.3, -0.25) is 0 Å². The molecule has 0 aliphatic heterocycles. The lowest BCUT2D eigenvalue weighted by atomic mass is 10.0. The zero-order chi connectivity index (χ0) is 9.84. The molecule has 1 heteroatoms. The van der Waals surface area contributed by atoms with Gasteiger partial charge in [0.1, 0.15) is 0 Å². The second-order valence-corrected chi connectivity index (χ2v) is 3.26. The molecule has 1 aromatic carbocycles. The Bertz CT molecular complexity index is 381. The summed E-state index contributed by atoms with van der Waals surface area (Å²) in [6.45, 7) is 6.12. The fourth-order valence-corrected chi connectivity index (χ4v) is 1.17. The first-order valence-electron chi connectivity index (χ1n) is 4.29. The fourth-order valence-electron chi connectivity index (χ4n) is 1.17. The Morgan fingerprint density at radius 2 is 2.00 bits per heavy atom. The molecule has 0 spiro atoms. The molecule has 0 heterocycles. The van der Waals surface area contributed by atoms with Crippen LogP contribution in [0, 0.1) is 25.2 Å². The highest BCUT2D eigenvalue weighted by Gasteiger charge is 1.97. The van der Waals surface area contributed by atoms with Gasteiger partial charge in [0.15, 0.2) is 0 Å². The lowest BCUT2D eigenvalue weighted by Crippen LogP contribution is -1.84. The van der Waals surface area contributed by atoms with Crippen molar-refractivity contribution in [3.8, 4) is 6.07 Å². The summed E-state index contributed by atoms with van der Waals surface area (Å²) in [6.07, 6.45) is 1.57. The molecule has 66 valence electrons. The van der Waals surface area contributed by atoms with Gasteiger partial charge >= 0.3 is 0 Å². The van der Waals surface area contributed by atoms with Crippen LogP contribution in [0.2, 0.25) is 0 Å². The standard InChI is InChI=1S/C12H13N/c1-9-4-5-12(8-11(9)3)10(2)6-7-13/h4-6,8H,1-3H3/b10-6-. The Labute approximate surface area is 79.3 Å². The van der Waals surface area contributed by atoms with Gasteiger partial charge in [-0.2, -0.15) is 5.26 Å². The lowest BCUT2D eigenvalue weighted by molar-refractivity contribution is 1.33. The van der Waals surface area contributed by atoms with E-state index < -0.39 is 0 Å². The maximum atomic E-state index is 8.50. The van der Waals surface area contributed by atoms with Gasteiger partial charge in [0, 0.05) is 6.08 Å². The molecular weight excluding hydrogens is 158 g/mol. The van der Waals surface area contributed by atoms with E-state index in [1.165, 1.54) is 11.1 Å².